The van der Waals surface area contributed by atoms with Crippen molar-refractivity contribution in [3.05, 3.63) is 34.4 Å². The maximum atomic E-state index is 10.5. The number of benzene rings is 1. The van der Waals surface area contributed by atoms with Crippen LogP contribution in [0.25, 0.3) is 0 Å². The van der Waals surface area contributed by atoms with E-state index in [-0.39, 0.29) is 10.6 Å². The summed E-state index contributed by atoms with van der Waals surface area (Å²) in [5, 5.41) is 10.5. The van der Waals surface area contributed by atoms with Crippen LogP contribution in [0.2, 0.25) is 0 Å². The monoisotopic (exact) mass is 178 g/mol. The van der Waals surface area contributed by atoms with Crippen LogP contribution in [0.15, 0.2) is 24.3 Å². The average Bonchev–Trinajstić information content (AvgIpc) is 2.01. The Morgan fingerprint density at radius 2 is 2.15 bits per heavy atom. The zero-order valence-electron chi connectivity index (χ0n) is 7.14. The molecule has 4 nitrogen and oxygen atoms in total. The molecule has 0 bridgehead atoms. The highest BCUT2D eigenvalue weighted by Crippen LogP contribution is 2.24. The van der Waals surface area contributed by atoms with E-state index in [0.29, 0.717) is 0 Å². The summed E-state index contributed by atoms with van der Waals surface area (Å²) in [6.07, 6.45) is 1.18. The predicted octanol–water partition coefficient (Wildman–Crippen LogP) is 1.80. The minimum Gasteiger partial charge on any atom is -0.371 e. The summed E-state index contributed by atoms with van der Waals surface area (Å²) in [6, 6.07) is 6.78. The lowest BCUT2D eigenvalue weighted by Gasteiger charge is -2.32. The number of hydrogen-bond donors (Lipinski definition) is 0. The molecule has 13 heavy (non-hydrogen) atoms. The fraction of sp³-hybridized carbons (Fsp3) is 0.333. The lowest BCUT2D eigenvalue weighted by atomic mass is 10.1. The number of nitrogens with zero attached hydrogens (tertiary/aromatic N) is 2. The van der Waals surface area contributed by atoms with Crippen LogP contribution in [0.3, 0.4) is 0 Å². The Kier molecular flexibility index (Phi) is 1.88. The molecule has 1 aromatic carbocycles. The first-order valence-electron chi connectivity index (χ1n) is 4.27. The highest BCUT2D eigenvalue weighted by molar-refractivity contribution is 5.54. The van der Waals surface area contributed by atoms with Crippen molar-refractivity contribution in [3.63, 3.8) is 0 Å². The van der Waals surface area contributed by atoms with Gasteiger partial charge in [0.1, 0.15) is 0 Å². The molecule has 0 atom stereocenters. The van der Waals surface area contributed by atoms with Gasteiger partial charge in [0.05, 0.1) is 4.92 Å². The standard InChI is InChI=1S/C9H10N2O2/c12-11(13)9-4-1-3-8(7-9)10-5-2-6-10/h1,3-4,7H,2,5-6H2. The van der Waals surface area contributed by atoms with Crippen LogP contribution in [0.1, 0.15) is 6.42 Å². The smallest absolute Gasteiger partial charge is 0.271 e. The fourth-order valence-electron chi connectivity index (χ4n) is 1.38. The van der Waals surface area contributed by atoms with Crippen LogP contribution in [-0.4, -0.2) is 18.0 Å². The molecule has 0 radical (unpaired) electrons. The van der Waals surface area contributed by atoms with Crippen molar-refractivity contribution in [2.45, 2.75) is 6.42 Å². The van der Waals surface area contributed by atoms with Gasteiger partial charge in [-0.25, -0.2) is 0 Å². The van der Waals surface area contributed by atoms with Crippen LogP contribution >= 0.6 is 0 Å². The van der Waals surface area contributed by atoms with Gasteiger partial charge in [-0.15, -0.1) is 0 Å². The SMILES string of the molecule is O=[N+]([O-])c1cccc(N2CCC2)c1. The van der Waals surface area contributed by atoms with E-state index in [1.165, 1.54) is 12.5 Å². The Hall–Kier alpha value is -1.58. The fourth-order valence-corrected chi connectivity index (χ4v) is 1.38. The molecule has 2 rings (SSSR count). The van der Waals surface area contributed by atoms with Gasteiger partial charge in [-0.1, -0.05) is 6.07 Å². The molecule has 0 spiro atoms. The van der Waals surface area contributed by atoms with Crippen molar-refractivity contribution in [2.24, 2.45) is 0 Å². The van der Waals surface area contributed by atoms with Crippen molar-refractivity contribution < 1.29 is 4.92 Å². The molecular formula is C9H10N2O2. The Balaban J connectivity index is 2.26. The van der Waals surface area contributed by atoms with Crippen LogP contribution in [-0.2, 0) is 0 Å². The Bertz CT molecular complexity index is 334. The third kappa shape index (κ3) is 1.47. The molecule has 68 valence electrons. The third-order valence-electron chi connectivity index (χ3n) is 2.26. The van der Waals surface area contributed by atoms with Gasteiger partial charge in [-0.3, -0.25) is 10.1 Å². The van der Waals surface area contributed by atoms with E-state index in [1.807, 2.05) is 6.07 Å². The minimum absolute atomic E-state index is 0.171. The Morgan fingerprint density at radius 1 is 1.38 bits per heavy atom. The minimum atomic E-state index is -0.358. The van der Waals surface area contributed by atoms with Gasteiger partial charge >= 0.3 is 0 Å². The van der Waals surface area contributed by atoms with Crippen molar-refractivity contribution in [2.75, 3.05) is 18.0 Å². The first kappa shape index (κ1) is 8.04. The van der Waals surface area contributed by atoms with Crippen LogP contribution in [0, 0.1) is 10.1 Å². The average molecular weight is 178 g/mol. The number of non-ortho nitro benzene ring substituents is 1. The zero-order chi connectivity index (χ0) is 9.26. The second-order valence-corrected chi connectivity index (χ2v) is 3.12. The van der Waals surface area contributed by atoms with Gasteiger partial charge in [0.25, 0.3) is 5.69 Å². The van der Waals surface area contributed by atoms with Crippen LogP contribution < -0.4 is 4.90 Å². The maximum absolute atomic E-state index is 10.5. The summed E-state index contributed by atoms with van der Waals surface area (Å²) in [5.41, 5.74) is 1.13. The molecule has 1 fully saturated rings. The lowest BCUT2D eigenvalue weighted by molar-refractivity contribution is -0.384. The van der Waals surface area contributed by atoms with E-state index in [9.17, 15) is 10.1 Å². The molecule has 0 unspecified atom stereocenters. The van der Waals surface area contributed by atoms with Crippen LogP contribution in [0.5, 0.6) is 0 Å². The highest BCUT2D eigenvalue weighted by atomic mass is 16.6. The number of anilines is 1. The normalized spacial score (nSPS) is 15.2. The summed E-state index contributed by atoms with van der Waals surface area (Å²) >= 11 is 0. The van der Waals surface area contributed by atoms with E-state index in [0.717, 1.165) is 18.8 Å². The quantitative estimate of drug-likeness (QED) is 0.512. The van der Waals surface area contributed by atoms with Gasteiger partial charge < -0.3 is 4.90 Å². The van der Waals surface area contributed by atoms with Gasteiger partial charge in [0.15, 0.2) is 0 Å². The van der Waals surface area contributed by atoms with Crippen molar-refractivity contribution in [3.8, 4) is 0 Å². The molecule has 0 saturated carbocycles. The second-order valence-electron chi connectivity index (χ2n) is 3.12. The van der Waals surface area contributed by atoms with E-state index in [4.69, 9.17) is 0 Å². The molecule has 0 N–H and O–H groups in total. The molecule has 1 aliphatic rings. The van der Waals surface area contributed by atoms with Crippen LogP contribution in [0.4, 0.5) is 11.4 Å². The zero-order valence-corrected chi connectivity index (χ0v) is 7.14. The summed E-state index contributed by atoms with van der Waals surface area (Å²) in [7, 11) is 0. The number of rotatable bonds is 2. The molecule has 4 heteroatoms. The summed E-state index contributed by atoms with van der Waals surface area (Å²) < 4.78 is 0. The molecule has 1 saturated heterocycles. The number of nitro benzene ring substituents is 1. The lowest BCUT2D eigenvalue weighted by Crippen LogP contribution is -2.36. The van der Waals surface area contributed by atoms with Crippen molar-refractivity contribution in [1.29, 1.82) is 0 Å². The second kappa shape index (κ2) is 3.05. The molecule has 0 aliphatic carbocycles. The molecule has 1 aromatic rings. The number of nitro groups is 1. The van der Waals surface area contributed by atoms with Crippen molar-refractivity contribution in [1.82, 2.24) is 0 Å². The summed E-state index contributed by atoms with van der Waals surface area (Å²) in [5.74, 6) is 0. The van der Waals surface area contributed by atoms with E-state index in [2.05, 4.69) is 4.90 Å². The molecule has 0 amide bonds. The number of hydrogen-bond acceptors (Lipinski definition) is 3. The Labute approximate surface area is 75.9 Å². The molecule has 1 aliphatic heterocycles. The van der Waals surface area contributed by atoms with E-state index >= 15 is 0 Å². The predicted molar refractivity (Wildman–Crippen MR) is 49.9 cm³/mol. The van der Waals surface area contributed by atoms with E-state index in [1.54, 1.807) is 12.1 Å². The first-order chi connectivity index (χ1) is 6.27. The summed E-state index contributed by atoms with van der Waals surface area (Å²) in [6.45, 7) is 2.03. The topological polar surface area (TPSA) is 46.4 Å². The van der Waals surface area contributed by atoms with Gasteiger partial charge in [0, 0.05) is 30.9 Å². The van der Waals surface area contributed by atoms with Crippen molar-refractivity contribution >= 4 is 11.4 Å². The highest BCUT2D eigenvalue weighted by Gasteiger charge is 2.16. The van der Waals surface area contributed by atoms with Gasteiger partial charge in [-0.05, 0) is 12.5 Å². The molecule has 0 aromatic heterocycles. The Morgan fingerprint density at radius 3 is 2.69 bits per heavy atom. The third-order valence-corrected chi connectivity index (χ3v) is 2.26. The first-order valence-corrected chi connectivity index (χ1v) is 4.27. The van der Waals surface area contributed by atoms with E-state index < -0.39 is 0 Å². The van der Waals surface area contributed by atoms with Gasteiger partial charge in [0.2, 0.25) is 0 Å². The summed E-state index contributed by atoms with van der Waals surface area (Å²) in [4.78, 5) is 12.2. The van der Waals surface area contributed by atoms with Gasteiger partial charge in [-0.2, -0.15) is 0 Å². The molecule has 1 heterocycles. The maximum Gasteiger partial charge on any atom is 0.271 e. The molecular weight excluding hydrogens is 168 g/mol. The largest absolute Gasteiger partial charge is 0.371 e.